The molecule has 1 aromatic carbocycles. The Balaban J connectivity index is 1.72. The van der Waals surface area contributed by atoms with Crippen LogP contribution in [0.5, 0.6) is 0 Å². The van der Waals surface area contributed by atoms with Crippen LogP contribution in [0.1, 0.15) is 46.3 Å². The maximum Gasteiger partial charge on any atom is 0.0934 e. The second kappa shape index (κ2) is 6.50. The van der Waals surface area contributed by atoms with Gasteiger partial charge in [0.1, 0.15) is 0 Å². The van der Waals surface area contributed by atoms with E-state index < -0.39 is 0 Å². The number of aromatic nitrogens is 1. The largest absolute Gasteiger partial charge is 0.246 e. The van der Waals surface area contributed by atoms with Gasteiger partial charge in [-0.05, 0) is 50.5 Å². The third-order valence-electron chi connectivity index (χ3n) is 4.67. The molecule has 0 amide bonds. The standard InChI is InChI=1S/C18H22ClNS/c1-12-13(2)21-18(20-12)11-16-10-15(8-9-17(16)19)14-6-4-3-5-7-14/h3-7,15-17H,8-11H2,1-2H3. The average Bonchev–Trinajstić information content (AvgIpc) is 2.80. The molecule has 21 heavy (non-hydrogen) atoms. The highest BCUT2D eigenvalue weighted by atomic mass is 35.5. The number of benzene rings is 1. The maximum atomic E-state index is 6.61. The van der Waals surface area contributed by atoms with Crippen molar-refractivity contribution in [1.29, 1.82) is 0 Å². The molecule has 0 saturated heterocycles. The van der Waals surface area contributed by atoms with Crippen molar-refractivity contribution in [3.05, 3.63) is 51.5 Å². The van der Waals surface area contributed by atoms with Gasteiger partial charge >= 0.3 is 0 Å². The normalized spacial score (nSPS) is 26.0. The third-order valence-corrected chi connectivity index (χ3v) is 6.34. The van der Waals surface area contributed by atoms with Gasteiger partial charge in [-0.15, -0.1) is 22.9 Å². The lowest BCUT2D eigenvalue weighted by molar-refractivity contribution is 0.326. The molecular formula is C18H22ClNS. The number of hydrogen-bond acceptors (Lipinski definition) is 2. The molecule has 2 aromatic rings. The van der Waals surface area contributed by atoms with Crippen molar-refractivity contribution < 1.29 is 0 Å². The highest BCUT2D eigenvalue weighted by molar-refractivity contribution is 7.11. The van der Waals surface area contributed by atoms with Gasteiger partial charge in [-0.1, -0.05) is 30.3 Å². The molecule has 0 aliphatic heterocycles. The summed E-state index contributed by atoms with van der Waals surface area (Å²) in [7, 11) is 0. The van der Waals surface area contributed by atoms with Gasteiger partial charge in [-0.25, -0.2) is 4.98 Å². The molecule has 3 unspecified atom stereocenters. The van der Waals surface area contributed by atoms with Gasteiger partial charge in [0, 0.05) is 16.7 Å². The van der Waals surface area contributed by atoms with Gasteiger partial charge in [0.2, 0.25) is 0 Å². The van der Waals surface area contributed by atoms with E-state index in [1.54, 1.807) is 0 Å². The predicted octanol–water partition coefficient (Wildman–Crippen LogP) is 5.49. The maximum absolute atomic E-state index is 6.61. The van der Waals surface area contributed by atoms with E-state index in [1.165, 1.54) is 34.0 Å². The van der Waals surface area contributed by atoms with Crippen LogP contribution in [0.2, 0.25) is 0 Å². The van der Waals surface area contributed by atoms with E-state index in [-0.39, 0.29) is 0 Å². The van der Waals surface area contributed by atoms with Crippen LogP contribution in [-0.4, -0.2) is 10.4 Å². The molecular weight excluding hydrogens is 298 g/mol. The summed E-state index contributed by atoms with van der Waals surface area (Å²) < 4.78 is 0. The lowest BCUT2D eigenvalue weighted by Gasteiger charge is -2.33. The van der Waals surface area contributed by atoms with E-state index in [0.29, 0.717) is 17.2 Å². The van der Waals surface area contributed by atoms with E-state index in [2.05, 4.69) is 44.2 Å². The molecule has 1 saturated carbocycles. The van der Waals surface area contributed by atoms with Crippen molar-refractivity contribution in [3.63, 3.8) is 0 Å². The first-order valence-electron chi connectivity index (χ1n) is 7.75. The fourth-order valence-electron chi connectivity index (χ4n) is 3.32. The molecule has 0 N–H and O–H groups in total. The number of halogens is 1. The molecule has 0 spiro atoms. The first kappa shape index (κ1) is 15.1. The van der Waals surface area contributed by atoms with Crippen molar-refractivity contribution in [2.24, 2.45) is 5.92 Å². The minimum Gasteiger partial charge on any atom is -0.246 e. The molecule has 1 fully saturated rings. The Bertz CT molecular complexity index is 573. The number of alkyl halides is 1. The zero-order valence-electron chi connectivity index (χ0n) is 12.7. The minimum atomic E-state index is 0.300. The monoisotopic (exact) mass is 319 g/mol. The predicted molar refractivity (Wildman–Crippen MR) is 91.5 cm³/mol. The SMILES string of the molecule is Cc1nc(CC2CC(c3ccccc3)CCC2Cl)sc1C. The lowest BCUT2D eigenvalue weighted by atomic mass is 9.76. The summed E-state index contributed by atoms with van der Waals surface area (Å²) in [5, 5.41) is 1.56. The summed E-state index contributed by atoms with van der Waals surface area (Å²) in [6.07, 6.45) is 4.56. The van der Waals surface area contributed by atoms with E-state index >= 15 is 0 Å². The highest BCUT2D eigenvalue weighted by Gasteiger charge is 2.30. The number of rotatable bonds is 3. The van der Waals surface area contributed by atoms with Gasteiger partial charge in [0.15, 0.2) is 0 Å². The Morgan fingerprint density at radius 2 is 1.95 bits per heavy atom. The molecule has 3 atom stereocenters. The minimum absolute atomic E-state index is 0.300. The van der Waals surface area contributed by atoms with Crippen LogP contribution in [-0.2, 0) is 6.42 Å². The fraction of sp³-hybridized carbons (Fsp3) is 0.500. The lowest BCUT2D eigenvalue weighted by Crippen LogP contribution is -2.26. The Labute approximate surface area is 136 Å². The van der Waals surface area contributed by atoms with Crippen LogP contribution in [0.25, 0.3) is 0 Å². The van der Waals surface area contributed by atoms with E-state index in [4.69, 9.17) is 16.6 Å². The highest BCUT2D eigenvalue weighted by Crippen LogP contribution is 2.40. The second-order valence-corrected chi connectivity index (χ2v) is 8.00. The molecule has 1 nitrogen and oxygen atoms in total. The molecule has 112 valence electrons. The smallest absolute Gasteiger partial charge is 0.0934 e. The Morgan fingerprint density at radius 3 is 2.62 bits per heavy atom. The number of nitrogens with zero attached hydrogens (tertiary/aromatic N) is 1. The van der Waals surface area contributed by atoms with Crippen molar-refractivity contribution in [3.8, 4) is 0 Å². The van der Waals surface area contributed by atoms with Gasteiger partial charge in [-0.2, -0.15) is 0 Å². The summed E-state index contributed by atoms with van der Waals surface area (Å²) in [4.78, 5) is 6.04. The molecule has 3 rings (SSSR count). The molecule has 0 radical (unpaired) electrons. The molecule has 3 heteroatoms. The quantitative estimate of drug-likeness (QED) is 0.681. The van der Waals surface area contributed by atoms with Crippen LogP contribution in [0.3, 0.4) is 0 Å². The van der Waals surface area contributed by atoms with Crippen molar-refractivity contribution in [2.45, 2.75) is 50.8 Å². The summed E-state index contributed by atoms with van der Waals surface area (Å²) in [5.74, 6) is 1.21. The van der Waals surface area contributed by atoms with Crippen molar-refractivity contribution in [1.82, 2.24) is 4.98 Å². The molecule has 1 aliphatic carbocycles. The van der Waals surface area contributed by atoms with Crippen LogP contribution in [0.15, 0.2) is 30.3 Å². The van der Waals surface area contributed by atoms with Crippen molar-refractivity contribution in [2.75, 3.05) is 0 Å². The number of aryl methyl sites for hydroxylation is 2. The van der Waals surface area contributed by atoms with E-state index in [9.17, 15) is 0 Å². The number of hydrogen-bond donors (Lipinski definition) is 0. The topological polar surface area (TPSA) is 12.9 Å². The van der Waals surface area contributed by atoms with Crippen molar-refractivity contribution >= 4 is 22.9 Å². The van der Waals surface area contributed by atoms with E-state index in [1.807, 2.05) is 11.3 Å². The third kappa shape index (κ3) is 3.49. The number of thiazole rings is 1. The molecule has 1 aromatic heterocycles. The Kier molecular flexibility index (Phi) is 4.66. The molecule has 1 heterocycles. The summed E-state index contributed by atoms with van der Waals surface area (Å²) in [6, 6.07) is 10.9. The Morgan fingerprint density at radius 1 is 1.19 bits per heavy atom. The van der Waals surface area contributed by atoms with Gasteiger partial charge in [0.05, 0.1) is 10.7 Å². The van der Waals surface area contributed by atoms with Gasteiger partial charge < -0.3 is 0 Å². The zero-order chi connectivity index (χ0) is 14.8. The van der Waals surface area contributed by atoms with Crippen LogP contribution in [0.4, 0.5) is 0 Å². The first-order valence-corrected chi connectivity index (χ1v) is 9.00. The summed E-state index contributed by atoms with van der Waals surface area (Å²) >= 11 is 8.45. The van der Waals surface area contributed by atoms with Gasteiger partial charge in [-0.3, -0.25) is 0 Å². The first-order chi connectivity index (χ1) is 10.1. The van der Waals surface area contributed by atoms with Crippen LogP contribution >= 0.6 is 22.9 Å². The summed E-state index contributed by atoms with van der Waals surface area (Å²) in [6.45, 7) is 4.25. The van der Waals surface area contributed by atoms with E-state index in [0.717, 1.165) is 12.8 Å². The van der Waals surface area contributed by atoms with Crippen LogP contribution < -0.4 is 0 Å². The average molecular weight is 320 g/mol. The molecule has 1 aliphatic rings. The second-order valence-electron chi connectivity index (χ2n) is 6.15. The Hall–Kier alpha value is -0.860. The fourth-order valence-corrected chi connectivity index (χ4v) is 4.66. The van der Waals surface area contributed by atoms with Gasteiger partial charge in [0.25, 0.3) is 0 Å². The zero-order valence-corrected chi connectivity index (χ0v) is 14.3. The summed E-state index contributed by atoms with van der Waals surface area (Å²) in [5.41, 5.74) is 2.65. The van der Waals surface area contributed by atoms with Crippen LogP contribution in [0, 0.1) is 19.8 Å². The molecule has 0 bridgehead atoms.